The normalized spacial score (nSPS) is 15.0. The van der Waals surface area contributed by atoms with Crippen molar-refractivity contribution in [3.8, 4) is 0 Å². The molecule has 0 amide bonds. The number of nitro groups is 1. The van der Waals surface area contributed by atoms with Crippen LogP contribution in [0.15, 0.2) is 41.5 Å². The number of hydrogen-bond donors (Lipinski definition) is 1. The summed E-state index contributed by atoms with van der Waals surface area (Å²) >= 11 is 1.67. The topological polar surface area (TPSA) is 80.0 Å². The maximum Gasteiger partial charge on any atom is 0.269 e. The molecule has 7 nitrogen and oxygen atoms in total. The Bertz CT molecular complexity index is 693. The molecule has 2 heterocycles. The van der Waals surface area contributed by atoms with E-state index < -0.39 is 4.92 Å². The van der Waals surface area contributed by atoms with Crippen molar-refractivity contribution in [3.05, 3.63) is 51.4 Å². The average Bonchev–Trinajstić information content (AvgIpc) is 3.05. The molecule has 3 rings (SSSR count). The van der Waals surface area contributed by atoms with Crippen LogP contribution < -0.4 is 10.3 Å². The van der Waals surface area contributed by atoms with E-state index in [0.29, 0.717) is 5.69 Å². The summed E-state index contributed by atoms with van der Waals surface area (Å²) in [6.07, 6.45) is 1.75. The van der Waals surface area contributed by atoms with Gasteiger partial charge in [0.1, 0.15) is 0 Å². The number of nitrogens with one attached hydrogen (secondary N) is 1. The van der Waals surface area contributed by atoms with E-state index in [9.17, 15) is 10.1 Å². The molecule has 0 radical (unpaired) electrons. The molecule has 1 aromatic heterocycles. The van der Waals surface area contributed by atoms with Crippen LogP contribution in [0.2, 0.25) is 0 Å². The van der Waals surface area contributed by atoms with Crippen molar-refractivity contribution in [2.45, 2.75) is 0 Å². The second kappa shape index (κ2) is 7.21. The Balaban J connectivity index is 1.57. The number of non-ortho nitro benzene ring substituents is 1. The number of hydrogen-bond acceptors (Lipinski definition) is 7. The molecule has 1 N–H and O–H groups in total. The summed E-state index contributed by atoms with van der Waals surface area (Å²) in [5.41, 5.74) is 3.64. The van der Waals surface area contributed by atoms with E-state index in [2.05, 4.69) is 21.5 Å². The SMILES string of the molecule is O=[N+]([O-])c1ccc(N/N=C/c2ccc(N3CCOCC3)s2)cc1. The minimum Gasteiger partial charge on any atom is -0.378 e. The lowest BCUT2D eigenvalue weighted by Crippen LogP contribution is -2.35. The predicted molar refractivity (Wildman–Crippen MR) is 91.7 cm³/mol. The zero-order valence-corrected chi connectivity index (χ0v) is 13.2. The number of hydrazone groups is 1. The molecule has 2 aromatic rings. The van der Waals surface area contributed by atoms with Crippen LogP contribution in [0.5, 0.6) is 0 Å². The Morgan fingerprint density at radius 3 is 2.65 bits per heavy atom. The summed E-state index contributed by atoms with van der Waals surface area (Å²) in [6, 6.07) is 10.3. The highest BCUT2D eigenvalue weighted by atomic mass is 32.1. The van der Waals surface area contributed by atoms with Crippen molar-refractivity contribution in [1.29, 1.82) is 0 Å². The van der Waals surface area contributed by atoms with Crippen LogP contribution in [0.25, 0.3) is 0 Å². The third-order valence-electron chi connectivity index (χ3n) is 3.40. The minimum atomic E-state index is -0.425. The van der Waals surface area contributed by atoms with Crippen molar-refractivity contribution in [3.63, 3.8) is 0 Å². The van der Waals surface area contributed by atoms with Gasteiger partial charge in [-0.25, -0.2) is 0 Å². The second-order valence-corrected chi connectivity index (χ2v) is 6.04. The zero-order valence-electron chi connectivity index (χ0n) is 12.3. The highest BCUT2D eigenvalue weighted by Gasteiger charge is 2.12. The van der Waals surface area contributed by atoms with Crippen LogP contribution in [0.1, 0.15) is 4.88 Å². The van der Waals surface area contributed by atoms with E-state index in [1.165, 1.54) is 17.1 Å². The summed E-state index contributed by atoms with van der Waals surface area (Å²) in [4.78, 5) is 13.5. The number of benzene rings is 1. The molecule has 1 aliphatic heterocycles. The summed E-state index contributed by atoms with van der Waals surface area (Å²) in [7, 11) is 0. The van der Waals surface area contributed by atoms with Gasteiger partial charge in [0.25, 0.3) is 5.69 Å². The van der Waals surface area contributed by atoms with Crippen LogP contribution in [0.3, 0.4) is 0 Å². The first-order valence-corrected chi connectivity index (χ1v) is 8.00. The molecular formula is C15H16N4O3S. The van der Waals surface area contributed by atoms with Gasteiger partial charge in [0.2, 0.25) is 0 Å². The lowest BCUT2D eigenvalue weighted by atomic mass is 10.3. The van der Waals surface area contributed by atoms with Crippen molar-refractivity contribution < 1.29 is 9.66 Å². The summed E-state index contributed by atoms with van der Waals surface area (Å²) in [5, 5.41) is 16.0. The molecule has 1 saturated heterocycles. The van der Waals surface area contributed by atoms with Gasteiger partial charge in [-0.15, -0.1) is 11.3 Å². The average molecular weight is 332 g/mol. The first kappa shape index (κ1) is 15.4. The monoisotopic (exact) mass is 332 g/mol. The molecule has 0 aliphatic carbocycles. The van der Waals surface area contributed by atoms with E-state index >= 15 is 0 Å². The van der Waals surface area contributed by atoms with Gasteiger partial charge in [-0.05, 0) is 24.3 Å². The van der Waals surface area contributed by atoms with Crippen molar-refractivity contribution >= 4 is 33.9 Å². The molecular weight excluding hydrogens is 316 g/mol. The zero-order chi connectivity index (χ0) is 16.1. The van der Waals surface area contributed by atoms with Crippen molar-refractivity contribution in [1.82, 2.24) is 0 Å². The molecule has 1 aliphatic rings. The fraction of sp³-hybridized carbons (Fsp3) is 0.267. The summed E-state index contributed by atoms with van der Waals surface area (Å²) in [6.45, 7) is 3.36. The van der Waals surface area contributed by atoms with Gasteiger partial charge < -0.3 is 9.64 Å². The van der Waals surface area contributed by atoms with Gasteiger partial charge in [0, 0.05) is 30.1 Å². The number of anilines is 2. The van der Waals surface area contributed by atoms with Crippen LogP contribution >= 0.6 is 11.3 Å². The van der Waals surface area contributed by atoms with Gasteiger partial charge in [-0.3, -0.25) is 15.5 Å². The molecule has 23 heavy (non-hydrogen) atoms. The van der Waals surface area contributed by atoms with E-state index in [4.69, 9.17) is 4.74 Å². The molecule has 1 aromatic carbocycles. The highest BCUT2D eigenvalue weighted by molar-refractivity contribution is 7.17. The molecule has 1 fully saturated rings. The lowest BCUT2D eigenvalue weighted by Gasteiger charge is -2.27. The number of morpholine rings is 1. The number of thiophene rings is 1. The number of nitrogens with zero attached hydrogens (tertiary/aromatic N) is 3. The van der Waals surface area contributed by atoms with E-state index in [-0.39, 0.29) is 5.69 Å². The smallest absolute Gasteiger partial charge is 0.269 e. The summed E-state index contributed by atoms with van der Waals surface area (Å²) < 4.78 is 5.35. The van der Waals surface area contributed by atoms with Crippen LogP contribution in [0, 0.1) is 10.1 Å². The molecule has 0 unspecified atom stereocenters. The van der Waals surface area contributed by atoms with E-state index in [0.717, 1.165) is 31.2 Å². The molecule has 0 bridgehead atoms. The van der Waals surface area contributed by atoms with E-state index in [1.807, 2.05) is 6.07 Å². The van der Waals surface area contributed by atoms with E-state index in [1.54, 1.807) is 29.7 Å². The largest absolute Gasteiger partial charge is 0.378 e. The first-order valence-electron chi connectivity index (χ1n) is 7.18. The van der Waals surface area contributed by atoms with Crippen molar-refractivity contribution in [2.24, 2.45) is 5.10 Å². The number of rotatable bonds is 5. The fourth-order valence-electron chi connectivity index (χ4n) is 2.19. The first-order chi connectivity index (χ1) is 11.2. The van der Waals surface area contributed by atoms with Crippen LogP contribution in [0.4, 0.5) is 16.4 Å². The maximum absolute atomic E-state index is 10.6. The Morgan fingerprint density at radius 2 is 1.96 bits per heavy atom. The van der Waals surface area contributed by atoms with Crippen molar-refractivity contribution in [2.75, 3.05) is 36.6 Å². The Labute approximate surface area is 137 Å². The molecule has 8 heteroatoms. The highest BCUT2D eigenvalue weighted by Crippen LogP contribution is 2.25. The molecule has 0 spiro atoms. The second-order valence-electron chi connectivity index (χ2n) is 4.95. The standard InChI is InChI=1S/C15H16N4O3S/c20-19(21)13-3-1-12(2-4-13)17-16-11-14-5-6-15(23-14)18-7-9-22-10-8-18/h1-6,11,17H,7-10H2/b16-11+. The predicted octanol–water partition coefficient (Wildman–Crippen LogP) is 2.94. The Morgan fingerprint density at radius 1 is 1.22 bits per heavy atom. The fourth-order valence-corrected chi connectivity index (χ4v) is 3.12. The maximum atomic E-state index is 10.6. The Kier molecular flexibility index (Phi) is 4.84. The number of nitro benzene ring substituents is 1. The van der Waals surface area contributed by atoms with Gasteiger partial charge in [0.05, 0.1) is 35.0 Å². The van der Waals surface area contributed by atoms with Gasteiger partial charge in [0.15, 0.2) is 0 Å². The molecule has 0 atom stereocenters. The Hall–Kier alpha value is -2.45. The van der Waals surface area contributed by atoms with Gasteiger partial charge in [-0.2, -0.15) is 5.10 Å². The van der Waals surface area contributed by atoms with Gasteiger partial charge in [-0.1, -0.05) is 0 Å². The quantitative estimate of drug-likeness (QED) is 0.517. The third kappa shape index (κ3) is 4.05. The summed E-state index contributed by atoms with van der Waals surface area (Å²) in [5.74, 6) is 0. The van der Waals surface area contributed by atoms with Gasteiger partial charge >= 0.3 is 0 Å². The van der Waals surface area contributed by atoms with Crippen LogP contribution in [-0.4, -0.2) is 37.4 Å². The minimum absolute atomic E-state index is 0.0629. The number of ether oxygens (including phenoxy) is 1. The third-order valence-corrected chi connectivity index (χ3v) is 4.48. The lowest BCUT2D eigenvalue weighted by molar-refractivity contribution is -0.384. The molecule has 120 valence electrons. The molecule has 0 saturated carbocycles. The van der Waals surface area contributed by atoms with Crippen LogP contribution in [-0.2, 0) is 4.74 Å².